The number of nitrogens with zero attached hydrogens (tertiary/aromatic N) is 4. The van der Waals surface area contributed by atoms with Crippen molar-refractivity contribution in [3.8, 4) is 0 Å². The van der Waals surface area contributed by atoms with E-state index in [0.717, 1.165) is 31.8 Å². The van der Waals surface area contributed by atoms with Crippen molar-refractivity contribution in [1.82, 2.24) is 14.3 Å². The van der Waals surface area contributed by atoms with Gasteiger partial charge in [0, 0.05) is 62.6 Å². The van der Waals surface area contributed by atoms with Crippen molar-refractivity contribution in [3.63, 3.8) is 0 Å². The molecule has 3 rings (SSSR count). The monoisotopic (exact) mass is 244 g/mol. The first-order valence-electron chi connectivity index (χ1n) is 6.66. The average Bonchev–Trinajstić information content (AvgIpc) is 2.86. The number of pyridine rings is 1. The molecule has 1 fully saturated rings. The fraction of sp³-hybridized carbons (Fsp3) is 0.500. The number of rotatable bonds is 2. The molecule has 18 heavy (non-hydrogen) atoms. The van der Waals surface area contributed by atoms with Crippen LogP contribution < -0.4 is 4.90 Å². The van der Waals surface area contributed by atoms with E-state index < -0.39 is 0 Å². The molecule has 3 heterocycles. The van der Waals surface area contributed by atoms with Crippen LogP contribution in [0.15, 0.2) is 30.7 Å². The van der Waals surface area contributed by atoms with Gasteiger partial charge in [-0.15, -0.1) is 0 Å². The Morgan fingerprint density at radius 1 is 1.11 bits per heavy atom. The summed E-state index contributed by atoms with van der Waals surface area (Å²) < 4.78 is 2.05. The second-order valence-corrected chi connectivity index (χ2v) is 5.19. The molecule has 0 aliphatic carbocycles. The summed E-state index contributed by atoms with van der Waals surface area (Å²) in [7, 11) is 0. The SMILES string of the molecule is CC(C)N1CCN(c2ccn3ccnc3c2)CC1. The third-order valence-electron chi connectivity index (χ3n) is 3.79. The van der Waals surface area contributed by atoms with E-state index in [1.807, 2.05) is 16.8 Å². The molecule has 1 aliphatic rings. The molecule has 0 N–H and O–H groups in total. The van der Waals surface area contributed by atoms with Gasteiger partial charge in [0.2, 0.25) is 0 Å². The van der Waals surface area contributed by atoms with Crippen LogP contribution >= 0.6 is 0 Å². The van der Waals surface area contributed by atoms with E-state index in [1.165, 1.54) is 5.69 Å². The topological polar surface area (TPSA) is 23.8 Å². The largest absolute Gasteiger partial charge is 0.369 e. The van der Waals surface area contributed by atoms with E-state index in [-0.39, 0.29) is 0 Å². The van der Waals surface area contributed by atoms with Crippen LogP contribution in [0.25, 0.3) is 5.65 Å². The van der Waals surface area contributed by atoms with Gasteiger partial charge >= 0.3 is 0 Å². The zero-order valence-electron chi connectivity index (χ0n) is 11.1. The first kappa shape index (κ1) is 11.5. The van der Waals surface area contributed by atoms with Crippen molar-refractivity contribution < 1.29 is 0 Å². The lowest BCUT2D eigenvalue weighted by Gasteiger charge is -2.38. The van der Waals surface area contributed by atoms with Gasteiger partial charge in [-0.3, -0.25) is 4.90 Å². The summed E-state index contributed by atoms with van der Waals surface area (Å²) in [6.07, 6.45) is 5.91. The van der Waals surface area contributed by atoms with Gasteiger partial charge in [0.15, 0.2) is 0 Å². The minimum atomic E-state index is 0.655. The van der Waals surface area contributed by atoms with Gasteiger partial charge in [-0.05, 0) is 19.9 Å². The van der Waals surface area contributed by atoms with Crippen molar-refractivity contribution in [2.75, 3.05) is 31.1 Å². The Morgan fingerprint density at radius 2 is 1.89 bits per heavy atom. The van der Waals surface area contributed by atoms with E-state index in [2.05, 4.69) is 47.0 Å². The van der Waals surface area contributed by atoms with Gasteiger partial charge in [0.05, 0.1) is 0 Å². The van der Waals surface area contributed by atoms with Gasteiger partial charge in [-0.1, -0.05) is 0 Å². The maximum atomic E-state index is 4.34. The van der Waals surface area contributed by atoms with Crippen molar-refractivity contribution in [2.24, 2.45) is 0 Å². The molecular formula is C14H20N4. The summed E-state index contributed by atoms with van der Waals surface area (Å²) in [6, 6.07) is 5.01. The molecule has 0 atom stereocenters. The Kier molecular flexibility index (Phi) is 2.96. The van der Waals surface area contributed by atoms with E-state index in [0.29, 0.717) is 6.04 Å². The molecule has 2 aromatic rings. The van der Waals surface area contributed by atoms with Gasteiger partial charge in [-0.2, -0.15) is 0 Å². The van der Waals surface area contributed by atoms with Crippen molar-refractivity contribution in [3.05, 3.63) is 30.7 Å². The van der Waals surface area contributed by atoms with E-state index in [1.54, 1.807) is 0 Å². The van der Waals surface area contributed by atoms with Crippen LogP contribution in [0.5, 0.6) is 0 Å². The molecule has 1 aliphatic heterocycles. The predicted molar refractivity (Wildman–Crippen MR) is 74.1 cm³/mol. The van der Waals surface area contributed by atoms with E-state index in [4.69, 9.17) is 0 Å². The van der Waals surface area contributed by atoms with E-state index in [9.17, 15) is 0 Å². The third-order valence-corrected chi connectivity index (χ3v) is 3.79. The van der Waals surface area contributed by atoms with E-state index >= 15 is 0 Å². The number of anilines is 1. The van der Waals surface area contributed by atoms with Crippen LogP contribution in [0.3, 0.4) is 0 Å². The van der Waals surface area contributed by atoms with Crippen LogP contribution in [-0.4, -0.2) is 46.5 Å². The molecule has 2 aromatic heterocycles. The zero-order valence-corrected chi connectivity index (χ0v) is 11.1. The fourth-order valence-electron chi connectivity index (χ4n) is 2.59. The molecule has 0 unspecified atom stereocenters. The van der Waals surface area contributed by atoms with Crippen LogP contribution in [0, 0.1) is 0 Å². The maximum absolute atomic E-state index is 4.34. The summed E-state index contributed by atoms with van der Waals surface area (Å²) in [5, 5.41) is 0. The quantitative estimate of drug-likeness (QED) is 0.806. The number of piperazine rings is 1. The minimum absolute atomic E-state index is 0.655. The standard InChI is InChI=1S/C14H20N4/c1-12(2)16-7-9-17(10-8-16)13-3-5-18-6-4-15-14(18)11-13/h3-6,11-12H,7-10H2,1-2H3. The number of fused-ring (bicyclic) bond motifs is 1. The first-order valence-corrected chi connectivity index (χ1v) is 6.66. The predicted octanol–water partition coefficient (Wildman–Crippen LogP) is 1.86. The smallest absolute Gasteiger partial charge is 0.138 e. The normalized spacial score (nSPS) is 17.8. The Balaban J connectivity index is 1.75. The molecule has 96 valence electrons. The Labute approximate surface area is 108 Å². The lowest BCUT2D eigenvalue weighted by Crippen LogP contribution is -2.48. The molecule has 0 spiro atoms. The first-order chi connectivity index (χ1) is 8.74. The summed E-state index contributed by atoms with van der Waals surface area (Å²) in [5.41, 5.74) is 2.32. The summed E-state index contributed by atoms with van der Waals surface area (Å²) >= 11 is 0. The molecule has 0 amide bonds. The lowest BCUT2D eigenvalue weighted by molar-refractivity contribution is 0.209. The third kappa shape index (κ3) is 2.08. The maximum Gasteiger partial charge on any atom is 0.138 e. The zero-order chi connectivity index (χ0) is 12.5. The summed E-state index contributed by atoms with van der Waals surface area (Å²) in [6.45, 7) is 9.05. The highest BCUT2D eigenvalue weighted by Gasteiger charge is 2.19. The number of imidazole rings is 1. The Hall–Kier alpha value is -1.55. The molecule has 4 heteroatoms. The minimum Gasteiger partial charge on any atom is -0.369 e. The number of aromatic nitrogens is 2. The molecule has 0 aromatic carbocycles. The highest BCUT2D eigenvalue weighted by Crippen LogP contribution is 2.18. The highest BCUT2D eigenvalue weighted by molar-refractivity contribution is 5.56. The van der Waals surface area contributed by atoms with Gasteiger partial charge in [-0.25, -0.2) is 4.98 Å². The van der Waals surface area contributed by atoms with Crippen LogP contribution in [0.4, 0.5) is 5.69 Å². The second-order valence-electron chi connectivity index (χ2n) is 5.19. The van der Waals surface area contributed by atoms with Crippen molar-refractivity contribution >= 4 is 11.3 Å². The number of hydrogen-bond donors (Lipinski definition) is 0. The van der Waals surface area contributed by atoms with Crippen molar-refractivity contribution in [2.45, 2.75) is 19.9 Å². The lowest BCUT2D eigenvalue weighted by atomic mass is 10.2. The molecule has 0 bridgehead atoms. The van der Waals surface area contributed by atoms with Gasteiger partial charge in [0.25, 0.3) is 0 Å². The van der Waals surface area contributed by atoms with Crippen LogP contribution in [-0.2, 0) is 0 Å². The average molecular weight is 244 g/mol. The molecule has 4 nitrogen and oxygen atoms in total. The molecular weight excluding hydrogens is 224 g/mol. The second kappa shape index (κ2) is 4.61. The van der Waals surface area contributed by atoms with Gasteiger partial charge < -0.3 is 9.30 Å². The molecule has 1 saturated heterocycles. The molecule has 0 saturated carbocycles. The number of hydrogen-bond acceptors (Lipinski definition) is 3. The summed E-state index contributed by atoms with van der Waals surface area (Å²) in [4.78, 5) is 9.33. The van der Waals surface area contributed by atoms with Crippen molar-refractivity contribution in [1.29, 1.82) is 0 Å². The fourth-order valence-corrected chi connectivity index (χ4v) is 2.59. The Morgan fingerprint density at radius 3 is 2.61 bits per heavy atom. The Bertz CT molecular complexity index is 523. The highest BCUT2D eigenvalue weighted by atomic mass is 15.3. The van der Waals surface area contributed by atoms with Gasteiger partial charge in [0.1, 0.15) is 5.65 Å². The van der Waals surface area contributed by atoms with Crippen LogP contribution in [0.1, 0.15) is 13.8 Å². The van der Waals surface area contributed by atoms with Crippen LogP contribution in [0.2, 0.25) is 0 Å². The summed E-state index contributed by atoms with van der Waals surface area (Å²) in [5.74, 6) is 0. The molecule has 0 radical (unpaired) electrons.